The van der Waals surface area contributed by atoms with Crippen LogP contribution >= 0.6 is 0 Å². The molecule has 0 spiro atoms. The summed E-state index contributed by atoms with van der Waals surface area (Å²) in [7, 11) is 0. The second-order valence-electron chi connectivity index (χ2n) is 3.61. The van der Waals surface area contributed by atoms with Crippen LogP contribution in [0.15, 0.2) is 34.0 Å². The molecule has 0 bridgehead atoms. The van der Waals surface area contributed by atoms with Gasteiger partial charge in [-0.2, -0.15) is 0 Å². The first-order valence-electron chi connectivity index (χ1n) is 5.50. The van der Waals surface area contributed by atoms with Crippen molar-refractivity contribution in [2.45, 2.75) is 26.4 Å². The van der Waals surface area contributed by atoms with Gasteiger partial charge < -0.3 is 14.4 Å². The molecule has 0 saturated carbocycles. The summed E-state index contributed by atoms with van der Waals surface area (Å²) >= 11 is 0. The highest BCUT2D eigenvalue weighted by Gasteiger charge is 2.04. The molecular weight excluding hydrogens is 220 g/mol. The quantitative estimate of drug-likeness (QED) is 0.843. The van der Waals surface area contributed by atoms with Crippen molar-refractivity contribution < 1.29 is 4.52 Å². The van der Waals surface area contributed by atoms with E-state index >= 15 is 0 Å². The molecule has 0 radical (unpaired) electrons. The highest BCUT2D eigenvalue weighted by atomic mass is 16.5. The fraction of sp³-hybridized carbons (Fsp3) is 0.364. The molecule has 0 aliphatic rings. The first-order chi connectivity index (χ1) is 8.31. The van der Waals surface area contributed by atoms with Crippen LogP contribution in [0.3, 0.4) is 0 Å². The van der Waals surface area contributed by atoms with E-state index in [0.29, 0.717) is 24.7 Å². The fourth-order valence-corrected chi connectivity index (χ4v) is 1.49. The van der Waals surface area contributed by atoms with Crippen LogP contribution in [0.25, 0.3) is 0 Å². The van der Waals surface area contributed by atoms with Gasteiger partial charge >= 0.3 is 0 Å². The number of hydrogen-bond acceptors (Lipinski definition) is 5. The summed E-state index contributed by atoms with van der Waals surface area (Å²) in [5.41, 5.74) is -0.117. The van der Waals surface area contributed by atoms with Crippen LogP contribution in [0.5, 0.6) is 0 Å². The zero-order chi connectivity index (χ0) is 12.1. The summed E-state index contributed by atoms with van der Waals surface area (Å²) in [6.07, 6.45) is 5.77. The normalized spacial score (nSPS) is 10.4. The third-order valence-corrected chi connectivity index (χ3v) is 2.30. The summed E-state index contributed by atoms with van der Waals surface area (Å²) in [6.45, 7) is 3.12. The lowest BCUT2D eigenvalue weighted by Gasteiger charge is -2.06. The average molecular weight is 234 g/mol. The van der Waals surface area contributed by atoms with Crippen molar-refractivity contribution in [2.75, 3.05) is 5.32 Å². The first kappa shape index (κ1) is 11.4. The maximum absolute atomic E-state index is 11.9. The van der Waals surface area contributed by atoms with Gasteiger partial charge in [-0.05, 0) is 6.42 Å². The number of hydrogen-bond donors (Lipinski definition) is 1. The number of anilines is 1. The van der Waals surface area contributed by atoms with E-state index in [1.165, 1.54) is 0 Å². The SMILES string of the molecule is CCCn1ccnc(NCc2ccno2)c1=O. The predicted molar refractivity (Wildman–Crippen MR) is 62.6 cm³/mol. The van der Waals surface area contributed by atoms with E-state index in [-0.39, 0.29) is 5.56 Å². The zero-order valence-electron chi connectivity index (χ0n) is 9.59. The summed E-state index contributed by atoms with van der Waals surface area (Å²) in [5.74, 6) is 0.995. The minimum absolute atomic E-state index is 0.117. The van der Waals surface area contributed by atoms with E-state index in [9.17, 15) is 4.79 Å². The first-order valence-corrected chi connectivity index (χ1v) is 5.50. The Kier molecular flexibility index (Phi) is 3.54. The van der Waals surface area contributed by atoms with E-state index in [1.807, 2.05) is 6.92 Å². The molecule has 17 heavy (non-hydrogen) atoms. The standard InChI is InChI=1S/C11H14N4O2/c1-2-6-15-7-5-12-10(11(15)16)13-8-9-3-4-14-17-9/h3-5,7H,2,6,8H2,1H3,(H,12,13). The molecule has 90 valence electrons. The van der Waals surface area contributed by atoms with Crippen molar-refractivity contribution in [1.29, 1.82) is 0 Å². The van der Waals surface area contributed by atoms with E-state index < -0.39 is 0 Å². The molecule has 0 unspecified atom stereocenters. The lowest BCUT2D eigenvalue weighted by molar-refractivity contribution is 0.388. The van der Waals surface area contributed by atoms with E-state index in [1.54, 1.807) is 29.2 Å². The van der Waals surface area contributed by atoms with E-state index in [4.69, 9.17) is 4.52 Å². The van der Waals surface area contributed by atoms with Gasteiger partial charge in [-0.25, -0.2) is 4.98 Å². The van der Waals surface area contributed by atoms with Crippen LogP contribution in [-0.4, -0.2) is 14.7 Å². The van der Waals surface area contributed by atoms with Gasteiger partial charge in [0, 0.05) is 25.0 Å². The Morgan fingerprint density at radius 1 is 1.47 bits per heavy atom. The fourth-order valence-electron chi connectivity index (χ4n) is 1.49. The number of nitrogens with zero attached hydrogens (tertiary/aromatic N) is 3. The van der Waals surface area contributed by atoms with Crippen molar-refractivity contribution >= 4 is 5.82 Å². The van der Waals surface area contributed by atoms with E-state index in [2.05, 4.69) is 15.5 Å². The Labute approximate surface area is 98.3 Å². The topological polar surface area (TPSA) is 73.0 Å². The van der Waals surface area contributed by atoms with Gasteiger partial charge in [0.1, 0.15) is 0 Å². The second-order valence-corrected chi connectivity index (χ2v) is 3.61. The third-order valence-electron chi connectivity index (χ3n) is 2.30. The minimum atomic E-state index is -0.117. The maximum Gasteiger partial charge on any atom is 0.293 e. The molecule has 0 atom stereocenters. The largest absolute Gasteiger partial charge is 0.360 e. The number of aryl methyl sites for hydroxylation is 1. The molecule has 1 N–H and O–H groups in total. The van der Waals surface area contributed by atoms with Crippen LogP contribution in [0.4, 0.5) is 5.82 Å². The highest BCUT2D eigenvalue weighted by molar-refractivity contribution is 5.31. The van der Waals surface area contributed by atoms with Gasteiger partial charge in [0.05, 0.1) is 12.7 Å². The van der Waals surface area contributed by atoms with E-state index in [0.717, 1.165) is 6.42 Å². The van der Waals surface area contributed by atoms with Gasteiger partial charge in [-0.15, -0.1) is 0 Å². The average Bonchev–Trinajstić information content (AvgIpc) is 2.83. The third kappa shape index (κ3) is 2.72. The zero-order valence-corrected chi connectivity index (χ0v) is 9.59. The molecule has 0 aliphatic heterocycles. The number of aromatic nitrogens is 3. The minimum Gasteiger partial charge on any atom is -0.360 e. The molecule has 2 aromatic heterocycles. The van der Waals surface area contributed by atoms with Gasteiger partial charge in [-0.1, -0.05) is 12.1 Å². The van der Waals surface area contributed by atoms with Crippen molar-refractivity contribution in [1.82, 2.24) is 14.7 Å². The molecule has 2 heterocycles. The van der Waals surface area contributed by atoms with Crippen molar-refractivity contribution in [3.8, 4) is 0 Å². The lowest BCUT2D eigenvalue weighted by atomic mass is 10.4. The predicted octanol–water partition coefficient (Wildman–Crippen LogP) is 1.25. The molecule has 0 aliphatic carbocycles. The Bertz CT molecular complexity index is 519. The summed E-state index contributed by atoms with van der Waals surface area (Å²) < 4.78 is 6.56. The summed E-state index contributed by atoms with van der Waals surface area (Å²) in [4.78, 5) is 15.9. The maximum atomic E-state index is 11.9. The molecule has 2 rings (SSSR count). The molecular formula is C11H14N4O2. The smallest absolute Gasteiger partial charge is 0.293 e. The molecule has 6 nitrogen and oxygen atoms in total. The van der Waals surface area contributed by atoms with Crippen molar-refractivity contribution in [3.05, 3.63) is 40.8 Å². The highest BCUT2D eigenvalue weighted by Crippen LogP contribution is 2.00. The molecule has 0 fully saturated rings. The van der Waals surface area contributed by atoms with Crippen LogP contribution in [0.1, 0.15) is 19.1 Å². The number of rotatable bonds is 5. The van der Waals surface area contributed by atoms with Crippen LogP contribution in [0.2, 0.25) is 0 Å². The van der Waals surface area contributed by atoms with Gasteiger partial charge in [0.15, 0.2) is 11.6 Å². The van der Waals surface area contributed by atoms with Crippen LogP contribution < -0.4 is 10.9 Å². The Balaban J connectivity index is 2.10. The Morgan fingerprint density at radius 3 is 3.06 bits per heavy atom. The van der Waals surface area contributed by atoms with Crippen molar-refractivity contribution in [3.63, 3.8) is 0 Å². The number of nitrogens with one attached hydrogen (secondary N) is 1. The lowest BCUT2D eigenvalue weighted by Crippen LogP contribution is -2.24. The van der Waals surface area contributed by atoms with Gasteiger partial charge in [0.25, 0.3) is 5.56 Å². The second kappa shape index (κ2) is 5.29. The molecule has 0 saturated heterocycles. The van der Waals surface area contributed by atoms with Crippen LogP contribution in [0, 0.1) is 0 Å². The van der Waals surface area contributed by atoms with Gasteiger partial charge in [-0.3, -0.25) is 4.79 Å². The summed E-state index contributed by atoms with van der Waals surface area (Å²) in [6, 6.07) is 1.74. The Morgan fingerprint density at radius 2 is 2.35 bits per heavy atom. The van der Waals surface area contributed by atoms with Gasteiger partial charge in [0.2, 0.25) is 0 Å². The Hall–Kier alpha value is -2.11. The summed E-state index contributed by atoms with van der Waals surface area (Å²) in [5, 5.41) is 6.52. The monoisotopic (exact) mass is 234 g/mol. The molecule has 2 aromatic rings. The molecule has 0 aromatic carbocycles. The van der Waals surface area contributed by atoms with Crippen LogP contribution in [-0.2, 0) is 13.1 Å². The van der Waals surface area contributed by atoms with Crippen molar-refractivity contribution in [2.24, 2.45) is 0 Å². The molecule has 6 heteroatoms. The molecule has 0 amide bonds.